The highest BCUT2D eigenvalue weighted by molar-refractivity contribution is 5.69. The van der Waals surface area contributed by atoms with Gasteiger partial charge in [-0.15, -0.1) is 0 Å². The average molecular weight is 198 g/mol. The van der Waals surface area contributed by atoms with E-state index in [1.165, 1.54) is 0 Å². The zero-order chi connectivity index (χ0) is 10.5. The van der Waals surface area contributed by atoms with Crippen LogP contribution in [0.1, 0.15) is 33.1 Å². The van der Waals surface area contributed by atoms with Crippen LogP contribution in [0.25, 0.3) is 0 Å². The SMILES string of the molecule is CCC(C)OC(=O)CCC(F)(F)F. The molecular formula is C8H13F3O2. The predicted octanol–water partition coefficient (Wildman–Crippen LogP) is 2.67. The van der Waals surface area contributed by atoms with Crippen LogP contribution >= 0.6 is 0 Å². The standard InChI is InChI=1S/C8H13F3O2/c1-3-6(2)13-7(12)4-5-8(9,10)11/h6H,3-5H2,1-2H3. The monoisotopic (exact) mass is 198 g/mol. The molecule has 0 saturated carbocycles. The number of halogens is 3. The largest absolute Gasteiger partial charge is 0.463 e. The molecule has 0 heterocycles. The van der Waals surface area contributed by atoms with Crippen molar-refractivity contribution >= 4 is 5.97 Å². The zero-order valence-corrected chi connectivity index (χ0v) is 7.65. The first kappa shape index (κ1) is 12.3. The fourth-order valence-electron chi connectivity index (χ4n) is 0.610. The molecule has 5 heteroatoms. The minimum absolute atomic E-state index is 0.305. The Kier molecular flexibility index (Phi) is 4.80. The smallest absolute Gasteiger partial charge is 0.389 e. The van der Waals surface area contributed by atoms with Crippen molar-refractivity contribution in [1.82, 2.24) is 0 Å². The molecule has 0 radical (unpaired) electrons. The molecule has 1 unspecified atom stereocenters. The van der Waals surface area contributed by atoms with Gasteiger partial charge in [0.25, 0.3) is 0 Å². The van der Waals surface area contributed by atoms with Crippen molar-refractivity contribution < 1.29 is 22.7 Å². The first-order chi connectivity index (χ1) is 5.85. The van der Waals surface area contributed by atoms with E-state index < -0.39 is 25.0 Å². The highest BCUT2D eigenvalue weighted by Crippen LogP contribution is 2.21. The lowest BCUT2D eigenvalue weighted by molar-refractivity contribution is -0.160. The lowest BCUT2D eigenvalue weighted by Crippen LogP contribution is -2.17. The van der Waals surface area contributed by atoms with Gasteiger partial charge >= 0.3 is 12.1 Å². The molecule has 0 rings (SSSR count). The number of ether oxygens (including phenoxy) is 1. The van der Waals surface area contributed by atoms with Gasteiger partial charge < -0.3 is 4.74 Å². The van der Waals surface area contributed by atoms with Gasteiger partial charge in [0, 0.05) is 0 Å². The minimum atomic E-state index is -4.28. The van der Waals surface area contributed by atoms with Crippen molar-refractivity contribution in [2.75, 3.05) is 0 Å². The van der Waals surface area contributed by atoms with Gasteiger partial charge in [0.2, 0.25) is 0 Å². The second-order valence-corrected chi connectivity index (χ2v) is 2.82. The summed E-state index contributed by atoms with van der Waals surface area (Å²) < 4.78 is 39.5. The molecule has 0 amide bonds. The maximum atomic E-state index is 11.6. The molecule has 0 fully saturated rings. The van der Waals surface area contributed by atoms with Crippen molar-refractivity contribution in [2.24, 2.45) is 0 Å². The van der Waals surface area contributed by atoms with Crippen molar-refractivity contribution in [3.63, 3.8) is 0 Å². The van der Waals surface area contributed by atoms with Gasteiger partial charge in [-0.1, -0.05) is 6.92 Å². The Morgan fingerprint density at radius 1 is 1.46 bits per heavy atom. The van der Waals surface area contributed by atoms with Gasteiger partial charge in [-0.05, 0) is 13.3 Å². The van der Waals surface area contributed by atoms with Crippen LogP contribution in [0.2, 0.25) is 0 Å². The van der Waals surface area contributed by atoms with E-state index in [2.05, 4.69) is 4.74 Å². The molecule has 0 aromatic heterocycles. The molecule has 0 aliphatic heterocycles. The third-order valence-electron chi connectivity index (χ3n) is 1.52. The van der Waals surface area contributed by atoms with Gasteiger partial charge in [0.1, 0.15) is 0 Å². The Morgan fingerprint density at radius 2 is 2.00 bits per heavy atom. The van der Waals surface area contributed by atoms with Crippen molar-refractivity contribution in [3.8, 4) is 0 Å². The summed E-state index contributed by atoms with van der Waals surface area (Å²) in [4.78, 5) is 10.7. The first-order valence-electron chi connectivity index (χ1n) is 4.11. The molecular weight excluding hydrogens is 185 g/mol. The lowest BCUT2D eigenvalue weighted by atomic mass is 10.3. The van der Waals surface area contributed by atoms with E-state index in [-0.39, 0.29) is 6.10 Å². The topological polar surface area (TPSA) is 26.3 Å². The minimum Gasteiger partial charge on any atom is -0.463 e. The quantitative estimate of drug-likeness (QED) is 0.649. The molecule has 0 spiro atoms. The van der Waals surface area contributed by atoms with Crippen LogP contribution in [0.5, 0.6) is 0 Å². The number of rotatable bonds is 4. The molecule has 1 atom stereocenters. The van der Waals surface area contributed by atoms with Crippen LogP contribution in [-0.4, -0.2) is 18.2 Å². The molecule has 2 nitrogen and oxygen atoms in total. The number of carbonyl (C=O) groups excluding carboxylic acids is 1. The Balaban J connectivity index is 3.64. The van der Waals surface area contributed by atoms with Gasteiger partial charge in [0.15, 0.2) is 0 Å². The van der Waals surface area contributed by atoms with Crippen molar-refractivity contribution in [2.45, 2.75) is 45.4 Å². The Hall–Kier alpha value is -0.740. The summed E-state index contributed by atoms with van der Waals surface area (Å²) in [7, 11) is 0. The van der Waals surface area contributed by atoms with Crippen LogP contribution < -0.4 is 0 Å². The number of hydrogen-bond acceptors (Lipinski definition) is 2. The summed E-state index contributed by atoms with van der Waals surface area (Å²) in [5.41, 5.74) is 0. The third kappa shape index (κ3) is 7.62. The summed E-state index contributed by atoms with van der Waals surface area (Å²) in [5.74, 6) is -0.785. The number of hydrogen-bond donors (Lipinski definition) is 0. The molecule has 0 aromatic carbocycles. The summed E-state index contributed by atoms with van der Waals surface area (Å²) >= 11 is 0. The maximum Gasteiger partial charge on any atom is 0.389 e. The summed E-state index contributed by atoms with van der Waals surface area (Å²) in [6, 6.07) is 0. The van der Waals surface area contributed by atoms with E-state index in [1.807, 2.05) is 0 Å². The Labute approximate surface area is 75.1 Å². The third-order valence-corrected chi connectivity index (χ3v) is 1.52. The Morgan fingerprint density at radius 3 is 2.38 bits per heavy atom. The molecule has 13 heavy (non-hydrogen) atoms. The number of esters is 1. The van der Waals surface area contributed by atoms with E-state index in [4.69, 9.17) is 0 Å². The predicted molar refractivity (Wildman–Crippen MR) is 41.1 cm³/mol. The van der Waals surface area contributed by atoms with Gasteiger partial charge in [0.05, 0.1) is 18.9 Å². The molecule has 0 saturated heterocycles. The molecule has 0 bridgehead atoms. The zero-order valence-electron chi connectivity index (χ0n) is 7.65. The second-order valence-electron chi connectivity index (χ2n) is 2.82. The highest BCUT2D eigenvalue weighted by Gasteiger charge is 2.28. The molecule has 0 N–H and O–H groups in total. The number of alkyl halides is 3. The second kappa shape index (κ2) is 5.09. The van der Waals surface area contributed by atoms with Crippen LogP contribution in [0.3, 0.4) is 0 Å². The summed E-state index contributed by atoms with van der Waals surface area (Å²) in [6.07, 6.45) is -5.68. The molecule has 0 aliphatic carbocycles. The van der Waals surface area contributed by atoms with E-state index in [9.17, 15) is 18.0 Å². The van der Waals surface area contributed by atoms with E-state index in [1.54, 1.807) is 13.8 Å². The van der Waals surface area contributed by atoms with Gasteiger partial charge in [-0.25, -0.2) is 0 Å². The Bertz CT molecular complexity index is 165. The summed E-state index contributed by atoms with van der Waals surface area (Å²) in [6.45, 7) is 3.44. The van der Waals surface area contributed by atoms with Crippen LogP contribution in [0.4, 0.5) is 13.2 Å². The van der Waals surface area contributed by atoms with Crippen molar-refractivity contribution in [3.05, 3.63) is 0 Å². The van der Waals surface area contributed by atoms with E-state index in [0.717, 1.165) is 0 Å². The number of carbonyl (C=O) groups is 1. The van der Waals surface area contributed by atoms with Crippen LogP contribution in [0.15, 0.2) is 0 Å². The average Bonchev–Trinajstić information content (AvgIpc) is 1.99. The lowest BCUT2D eigenvalue weighted by Gasteiger charge is -2.11. The molecule has 0 aliphatic rings. The fraction of sp³-hybridized carbons (Fsp3) is 0.875. The van der Waals surface area contributed by atoms with E-state index in [0.29, 0.717) is 6.42 Å². The first-order valence-corrected chi connectivity index (χ1v) is 4.11. The maximum absolute atomic E-state index is 11.6. The van der Waals surface area contributed by atoms with Crippen molar-refractivity contribution in [1.29, 1.82) is 0 Å². The van der Waals surface area contributed by atoms with Gasteiger partial charge in [-0.3, -0.25) is 4.79 Å². The molecule has 0 aromatic rings. The van der Waals surface area contributed by atoms with Crippen LogP contribution in [0, 0.1) is 0 Å². The fourth-order valence-corrected chi connectivity index (χ4v) is 0.610. The van der Waals surface area contributed by atoms with E-state index >= 15 is 0 Å². The van der Waals surface area contributed by atoms with Gasteiger partial charge in [-0.2, -0.15) is 13.2 Å². The van der Waals surface area contributed by atoms with Crippen LogP contribution in [-0.2, 0) is 9.53 Å². The normalized spacial score (nSPS) is 13.9. The summed E-state index contributed by atoms with van der Waals surface area (Å²) in [5, 5.41) is 0. The molecule has 78 valence electrons. The highest BCUT2D eigenvalue weighted by atomic mass is 19.4.